The van der Waals surface area contributed by atoms with E-state index in [2.05, 4.69) is 23.9 Å². The Kier molecular flexibility index (Phi) is 4.37. The summed E-state index contributed by atoms with van der Waals surface area (Å²) in [5.41, 5.74) is 1.20. The van der Waals surface area contributed by atoms with Crippen molar-refractivity contribution in [2.45, 2.75) is 12.8 Å². The summed E-state index contributed by atoms with van der Waals surface area (Å²) in [6.45, 7) is 3.35. The molecule has 1 aromatic carbocycles. The fraction of sp³-hybridized carbons (Fsp3) is 0.571. The molecule has 1 aliphatic rings. The van der Waals surface area contributed by atoms with Gasteiger partial charge < -0.3 is 9.80 Å². The topological polar surface area (TPSA) is 49.6 Å². The first-order valence-electron chi connectivity index (χ1n) is 6.70. The summed E-state index contributed by atoms with van der Waals surface area (Å²) in [4.78, 5) is 14.8. The van der Waals surface area contributed by atoms with Crippen LogP contribution in [0, 0.1) is 16.0 Å². The summed E-state index contributed by atoms with van der Waals surface area (Å²) in [6.07, 6.45) is 2.46. The van der Waals surface area contributed by atoms with E-state index >= 15 is 0 Å². The van der Waals surface area contributed by atoms with Crippen molar-refractivity contribution in [1.29, 1.82) is 0 Å². The third-order valence-corrected chi connectivity index (χ3v) is 3.87. The van der Waals surface area contributed by atoms with Crippen molar-refractivity contribution in [2.75, 3.05) is 38.6 Å². The molecule has 1 aromatic rings. The molecule has 2 rings (SSSR count). The van der Waals surface area contributed by atoms with Gasteiger partial charge in [0.2, 0.25) is 0 Å². The van der Waals surface area contributed by atoms with Crippen molar-refractivity contribution in [3.05, 3.63) is 34.4 Å². The van der Waals surface area contributed by atoms with Gasteiger partial charge in [0.1, 0.15) is 0 Å². The standard InChI is InChI=1S/C14H21N3O2/c1-15-9-7-12(8-10-15)11-16(2)13-3-5-14(6-4-13)17(18)19/h3-6,12H,7-11H2,1-2H3. The molecule has 0 saturated carbocycles. The summed E-state index contributed by atoms with van der Waals surface area (Å²) < 4.78 is 0. The highest BCUT2D eigenvalue weighted by molar-refractivity contribution is 5.50. The van der Waals surface area contributed by atoms with E-state index in [1.54, 1.807) is 12.1 Å². The summed E-state index contributed by atoms with van der Waals surface area (Å²) in [7, 11) is 4.22. The SMILES string of the molecule is CN1CCC(CN(C)c2ccc([N+](=O)[O-])cc2)CC1. The van der Waals surface area contributed by atoms with Gasteiger partial charge in [0.05, 0.1) is 4.92 Å². The predicted molar refractivity (Wildman–Crippen MR) is 76.6 cm³/mol. The first kappa shape index (κ1) is 13.8. The smallest absolute Gasteiger partial charge is 0.269 e. The Morgan fingerprint density at radius 2 is 1.89 bits per heavy atom. The lowest BCUT2D eigenvalue weighted by atomic mass is 9.96. The van der Waals surface area contributed by atoms with Crippen LogP contribution in [0.5, 0.6) is 0 Å². The first-order chi connectivity index (χ1) is 9.06. The van der Waals surface area contributed by atoms with Crippen LogP contribution in [0.4, 0.5) is 11.4 Å². The zero-order chi connectivity index (χ0) is 13.8. The molecule has 0 atom stereocenters. The van der Waals surface area contributed by atoms with Crippen LogP contribution in [0.2, 0.25) is 0 Å². The molecule has 0 bridgehead atoms. The van der Waals surface area contributed by atoms with E-state index in [1.165, 1.54) is 25.9 Å². The Balaban J connectivity index is 1.92. The maximum absolute atomic E-state index is 10.6. The van der Waals surface area contributed by atoms with E-state index in [1.807, 2.05) is 12.1 Å². The van der Waals surface area contributed by atoms with E-state index in [4.69, 9.17) is 0 Å². The van der Waals surface area contributed by atoms with Crippen molar-refractivity contribution in [3.63, 3.8) is 0 Å². The fourth-order valence-electron chi connectivity index (χ4n) is 2.57. The molecule has 0 unspecified atom stereocenters. The van der Waals surface area contributed by atoms with Crippen LogP contribution in [-0.2, 0) is 0 Å². The summed E-state index contributed by atoms with van der Waals surface area (Å²) in [5.74, 6) is 0.719. The molecule has 1 fully saturated rings. The van der Waals surface area contributed by atoms with Gasteiger partial charge in [-0.15, -0.1) is 0 Å². The third-order valence-electron chi connectivity index (χ3n) is 3.87. The van der Waals surface area contributed by atoms with Crippen molar-refractivity contribution < 1.29 is 4.92 Å². The Morgan fingerprint density at radius 3 is 2.42 bits per heavy atom. The van der Waals surface area contributed by atoms with Crippen molar-refractivity contribution in [3.8, 4) is 0 Å². The highest BCUT2D eigenvalue weighted by Gasteiger charge is 2.18. The molecular formula is C14H21N3O2. The number of hydrogen-bond donors (Lipinski definition) is 0. The average molecular weight is 263 g/mol. The molecule has 19 heavy (non-hydrogen) atoms. The molecule has 1 aliphatic heterocycles. The van der Waals surface area contributed by atoms with Crippen LogP contribution >= 0.6 is 0 Å². The maximum atomic E-state index is 10.6. The highest BCUT2D eigenvalue weighted by atomic mass is 16.6. The Morgan fingerprint density at radius 1 is 1.32 bits per heavy atom. The normalized spacial score (nSPS) is 17.4. The van der Waals surface area contributed by atoms with Gasteiger partial charge in [-0.2, -0.15) is 0 Å². The molecule has 0 amide bonds. The van der Waals surface area contributed by atoms with Crippen LogP contribution in [0.3, 0.4) is 0 Å². The first-order valence-corrected chi connectivity index (χ1v) is 6.70. The van der Waals surface area contributed by atoms with Gasteiger partial charge >= 0.3 is 0 Å². The molecule has 0 N–H and O–H groups in total. The number of piperidine rings is 1. The zero-order valence-electron chi connectivity index (χ0n) is 11.6. The van der Waals surface area contributed by atoms with Crippen LogP contribution in [0.15, 0.2) is 24.3 Å². The monoisotopic (exact) mass is 263 g/mol. The van der Waals surface area contributed by atoms with Crippen LogP contribution in [-0.4, -0.2) is 43.6 Å². The Hall–Kier alpha value is -1.62. The number of benzene rings is 1. The highest BCUT2D eigenvalue weighted by Crippen LogP contribution is 2.22. The van der Waals surface area contributed by atoms with Gasteiger partial charge in [-0.1, -0.05) is 0 Å². The van der Waals surface area contributed by atoms with Gasteiger partial charge in [0.15, 0.2) is 0 Å². The minimum atomic E-state index is -0.360. The number of nitro groups is 1. The van der Waals surface area contributed by atoms with Crippen molar-refractivity contribution in [1.82, 2.24) is 4.90 Å². The number of nitro benzene ring substituents is 1. The quantitative estimate of drug-likeness (QED) is 0.618. The lowest BCUT2D eigenvalue weighted by Gasteiger charge is -2.32. The minimum Gasteiger partial charge on any atom is -0.374 e. The minimum absolute atomic E-state index is 0.149. The van der Waals surface area contributed by atoms with Gasteiger partial charge in [0.25, 0.3) is 5.69 Å². The number of likely N-dealkylation sites (tertiary alicyclic amines) is 1. The van der Waals surface area contributed by atoms with Crippen molar-refractivity contribution in [2.24, 2.45) is 5.92 Å². The summed E-state index contributed by atoms with van der Waals surface area (Å²) in [5, 5.41) is 10.6. The summed E-state index contributed by atoms with van der Waals surface area (Å²) >= 11 is 0. The molecule has 0 spiro atoms. The molecule has 0 radical (unpaired) electrons. The molecule has 0 aliphatic carbocycles. The number of rotatable bonds is 4. The zero-order valence-corrected chi connectivity index (χ0v) is 11.6. The van der Waals surface area contributed by atoms with Crippen LogP contribution in [0.1, 0.15) is 12.8 Å². The maximum Gasteiger partial charge on any atom is 0.269 e. The molecule has 5 heteroatoms. The van der Waals surface area contributed by atoms with Crippen molar-refractivity contribution >= 4 is 11.4 Å². The Bertz CT molecular complexity index is 425. The number of anilines is 1. The number of nitrogens with zero attached hydrogens (tertiary/aromatic N) is 3. The second-order valence-corrected chi connectivity index (χ2v) is 5.40. The summed E-state index contributed by atoms with van der Waals surface area (Å²) in [6, 6.07) is 6.79. The second-order valence-electron chi connectivity index (χ2n) is 5.40. The Labute approximate surface area is 114 Å². The number of non-ortho nitro benzene ring substituents is 1. The lowest BCUT2D eigenvalue weighted by Crippen LogP contribution is -2.35. The average Bonchev–Trinajstić information content (AvgIpc) is 2.41. The van der Waals surface area contributed by atoms with Gasteiger partial charge in [0, 0.05) is 31.4 Å². The van der Waals surface area contributed by atoms with Gasteiger partial charge in [-0.3, -0.25) is 10.1 Å². The van der Waals surface area contributed by atoms with E-state index in [9.17, 15) is 10.1 Å². The second kappa shape index (κ2) is 6.02. The van der Waals surface area contributed by atoms with Crippen LogP contribution < -0.4 is 4.90 Å². The van der Waals surface area contributed by atoms with Gasteiger partial charge in [-0.25, -0.2) is 0 Å². The molecule has 104 valence electrons. The third kappa shape index (κ3) is 3.67. The lowest BCUT2D eigenvalue weighted by molar-refractivity contribution is -0.384. The fourth-order valence-corrected chi connectivity index (χ4v) is 2.57. The van der Waals surface area contributed by atoms with E-state index in [0.29, 0.717) is 0 Å². The predicted octanol–water partition coefficient (Wildman–Crippen LogP) is 2.37. The van der Waals surface area contributed by atoms with Gasteiger partial charge in [-0.05, 0) is 51.0 Å². The largest absolute Gasteiger partial charge is 0.374 e. The van der Waals surface area contributed by atoms with E-state index in [0.717, 1.165) is 18.2 Å². The molecule has 1 heterocycles. The van der Waals surface area contributed by atoms with Crippen LogP contribution in [0.25, 0.3) is 0 Å². The van der Waals surface area contributed by atoms with E-state index < -0.39 is 0 Å². The molecular weight excluding hydrogens is 242 g/mol. The van der Waals surface area contributed by atoms with E-state index in [-0.39, 0.29) is 10.6 Å². The molecule has 5 nitrogen and oxygen atoms in total. The molecule has 0 aromatic heterocycles. The molecule has 1 saturated heterocycles. The number of hydrogen-bond acceptors (Lipinski definition) is 4.